The lowest BCUT2D eigenvalue weighted by Gasteiger charge is -2.11. The van der Waals surface area contributed by atoms with E-state index in [9.17, 15) is 0 Å². The van der Waals surface area contributed by atoms with Gasteiger partial charge in [0.1, 0.15) is 5.75 Å². The molecule has 3 heteroatoms. The summed E-state index contributed by atoms with van der Waals surface area (Å²) in [4.78, 5) is 9.80. The van der Waals surface area contributed by atoms with Crippen LogP contribution in [0.4, 0.5) is 0 Å². The molecule has 0 spiro atoms. The lowest BCUT2D eigenvalue weighted by Crippen LogP contribution is -1.95. The van der Waals surface area contributed by atoms with E-state index in [4.69, 9.17) is 14.7 Å². The van der Waals surface area contributed by atoms with Crippen LogP contribution in [0.2, 0.25) is 0 Å². The van der Waals surface area contributed by atoms with Crippen molar-refractivity contribution in [3.8, 4) is 28.3 Å². The minimum absolute atomic E-state index is 0.828. The Kier molecular flexibility index (Phi) is 3.90. The molecule has 0 saturated heterocycles. The summed E-state index contributed by atoms with van der Waals surface area (Å²) in [7, 11) is 1.67. The van der Waals surface area contributed by atoms with Gasteiger partial charge in [-0.2, -0.15) is 0 Å². The zero-order valence-electron chi connectivity index (χ0n) is 14.2. The maximum Gasteiger partial charge on any atom is 0.118 e. The third kappa shape index (κ3) is 2.96. The molecule has 0 atom stereocenters. The molecule has 0 amide bonds. The van der Waals surface area contributed by atoms with Crippen LogP contribution in [0, 0.1) is 6.92 Å². The molecule has 4 aromatic rings. The summed E-state index contributed by atoms with van der Waals surface area (Å²) in [6, 6.07) is 24.3. The number of nitrogens with zero attached hydrogens (tertiary/aromatic N) is 2. The van der Waals surface area contributed by atoms with Gasteiger partial charge in [0.05, 0.1) is 29.5 Å². The molecule has 0 N–H and O–H groups in total. The summed E-state index contributed by atoms with van der Waals surface area (Å²) in [5.41, 5.74) is 6.88. The average Bonchev–Trinajstić information content (AvgIpc) is 2.68. The van der Waals surface area contributed by atoms with Crippen molar-refractivity contribution < 1.29 is 4.74 Å². The van der Waals surface area contributed by atoms with E-state index in [1.807, 2.05) is 48.5 Å². The highest BCUT2D eigenvalue weighted by Gasteiger charge is 2.13. The molecule has 1 heterocycles. The number of para-hydroxylation sites is 2. The predicted molar refractivity (Wildman–Crippen MR) is 102 cm³/mol. The Balaban J connectivity index is 1.96. The van der Waals surface area contributed by atoms with Crippen LogP contribution in [-0.2, 0) is 0 Å². The number of ether oxygens (including phenoxy) is 1. The summed E-state index contributed by atoms with van der Waals surface area (Å²) in [6.45, 7) is 2.08. The van der Waals surface area contributed by atoms with E-state index in [-0.39, 0.29) is 0 Å². The third-order valence-corrected chi connectivity index (χ3v) is 4.26. The Hall–Kier alpha value is -3.20. The molecule has 0 saturated carbocycles. The van der Waals surface area contributed by atoms with Gasteiger partial charge in [0.2, 0.25) is 0 Å². The molecular formula is C22H18N2O. The number of aryl methyl sites for hydroxylation is 1. The average molecular weight is 326 g/mol. The Bertz CT molecular complexity index is 1020. The first-order valence-corrected chi connectivity index (χ1v) is 8.23. The SMILES string of the molecule is COc1ccc(-c2nc3ccccc3nc2-c2ccc(C)cc2)cc1. The van der Waals surface area contributed by atoms with Crippen molar-refractivity contribution in [3.05, 3.63) is 78.4 Å². The quantitative estimate of drug-likeness (QED) is 0.514. The second-order valence-corrected chi connectivity index (χ2v) is 6.00. The van der Waals surface area contributed by atoms with Gasteiger partial charge >= 0.3 is 0 Å². The number of aromatic nitrogens is 2. The van der Waals surface area contributed by atoms with E-state index in [1.54, 1.807) is 7.11 Å². The fraction of sp³-hybridized carbons (Fsp3) is 0.0909. The second-order valence-electron chi connectivity index (χ2n) is 6.00. The van der Waals surface area contributed by atoms with E-state index in [2.05, 4.69) is 31.2 Å². The van der Waals surface area contributed by atoms with Crippen LogP contribution in [0.15, 0.2) is 72.8 Å². The number of hydrogen-bond acceptors (Lipinski definition) is 3. The van der Waals surface area contributed by atoms with Crippen LogP contribution in [0.5, 0.6) is 5.75 Å². The lowest BCUT2D eigenvalue weighted by atomic mass is 10.0. The van der Waals surface area contributed by atoms with Gasteiger partial charge in [-0.25, -0.2) is 9.97 Å². The lowest BCUT2D eigenvalue weighted by molar-refractivity contribution is 0.415. The van der Waals surface area contributed by atoms with Crippen molar-refractivity contribution in [1.29, 1.82) is 0 Å². The Morgan fingerprint density at radius 2 is 1.12 bits per heavy atom. The van der Waals surface area contributed by atoms with E-state index in [0.29, 0.717) is 0 Å². The standard InChI is InChI=1S/C22H18N2O/c1-15-7-9-16(10-8-15)21-22(17-11-13-18(25-2)14-12-17)24-20-6-4-3-5-19(20)23-21/h3-14H,1-2H3. The van der Waals surface area contributed by atoms with Crippen molar-refractivity contribution in [2.24, 2.45) is 0 Å². The van der Waals surface area contributed by atoms with E-state index >= 15 is 0 Å². The normalized spacial score (nSPS) is 10.8. The smallest absolute Gasteiger partial charge is 0.118 e. The molecule has 1 aromatic heterocycles. The summed E-state index contributed by atoms with van der Waals surface area (Å²) in [5.74, 6) is 0.828. The Labute approximate surface area is 147 Å². The van der Waals surface area contributed by atoms with Gasteiger partial charge in [0.15, 0.2) is 0 Å². The molecule has 0 radical (unpaired) electrons. The van der Waals surface area contributed by atoms with E-state index < -0.39 is 0 Å². The highest BCUT2D eigenvalue weighted by atomic mass is 16.5. The monoisotopic (exact) mass is 326 g/mol. The zero-order valence-corrected chi connectivity index (χ0v) is 14.2. The Morgan fingerprint density at radius 3 is 1.60 bits per heavy atom. The van der Waals surface area contributed by atoms with Crippen molar-refractivity contribution in [1.82, 2.24) is 9.97 Å². The fourth-order valence-corrected chi connectivity index (χ4v) is 2.86. The molecule has 0 aliphatic rings. The van der Waals surface area contributed by atoms with Gasteiger partial charge in [-0.3, -0.25) is 0 Å². The summed E-state index contributed by atoms with van der Waals surface area (Å²) >= 11 is 0. The maximum absolute atomic E-state index is 5.27. The fourth-order valence-electron chi connectivity index (χ4n) is 2.86. The van der Waals surface area contributed by atoms with Crippen molar-refractivity contribution in [2.75, 3.05) is 7.11 Å². The van der Waals surface area contributed by atoms with Crippen LogP contribution in [0.3, 0.4) is 0 Å². The zero-order chi connectivity index (χ0) is 17.2. The largest absolute Gasteiger partial charge is 0.497 e. The predicted octanol–water partition coefficient (Wildman–Crippen LogP) is 5.28. The Morgan fingerprint density at radius 1 is 0.640 bits per heavy atom. The molecule has 0 fully saturated rings. The van der Waals surface area contributed by atoms with Gasteiger partial charge in [0.25, 0.3) is 0 Å². The first-order chi connectivity index (χ1) is 12.2. The molecule has 0 unspecified atom stereocenters. The van der Waals surface area contributed by atoms with E-state index in [1.165, 1.54) is 5.56 Å². The highest BCUT2D eigenvalue weighted by molar-refractivity contribution is 5.86. The van der Waals surface area contributed by atoms with E-state index in [0.717, 1.165) is 39.3 Å². The molecule has 25 heavy (non-hydrogen) atoms. The first-order valence-electron chi connectivity index (χ1n) is 8.23. The molecule has 0 bridgehead atoms. The van der Waals surface area contributed by atoms with Gasteiger partial charge in [0, 0.05) is 11.1 Å². The molecular weight excluding hydrogens is 308 g/mol. The topological polar surface area (TPSA) is 35.0 Å². The third-order valence-electron chi connectivity index (χ3n) is 4.26. The molecule has 3 aromatic carbocycles. The number of methoxy groups -OCH3 is 1. The highest BCUT2D eigenvalue weighted by Crippen LogP contribution is 2.31. The summed E-state index contributed by atoms with van der Waals surface area (Å²) in [6.07, 6.45) is 0. The summed E-state index contributed by atoms with van der Waals surface area (Å²) < 4.78 is 5.27. The minimum atomic E-state index is 0.828. The number of rotatable bonds is 3. The van der Waals surface area contributed by atoms with Crippen molar-refractivity contribution in [3.63, 3.8) is 0 Å². The van der Waals surface area contributed by atoms with Gasteiger partial charge in [-0.05, 0) is 43.3 Å². The van der Waals surface area contributed by atoms with Crippen LogP contribution in [0.25, 0.3) is 33.5 Å². The maximum atomic E-state index is 5.27. The molecule has 0 aliphatic carbocycles. The molecule has 4 rings (SSSR count). The van der Waals surface area contributed by atoms with Crippen LogP contribution >= 0.6 is 0 Å². The number of fused-ring (bicyclic) bond motifs is 1. The molecule has 122 valence electrons. The van der Waals surface area contributed by atoms with Crippen LogP contribution < -0.4 is 4.74 Å². The second kappa shape index (κ2) is 6.36. The number of hydrogen-bond donors (Lipinski definition) is 0. The van der Waals surface area contributed by atoms with Crippen LogP contribution in [0.1, 0.15) is 5.56 Å². The van der Waals surface area contributed by atoms with Gasteiger partial charge in [-0.1, -0.05) is 42.0 Å². The number of benzene rings is 3. The van der Waals surface area contributed by atoms with Crippen molar-refractivity contribution in [2.45, 2.75) is 6.92 Å². The van der Waals surface area contributed by atoms with Gasteiger partial charge in [-0.15, -0.1) is 0 Å². The first kappa shape index (κ1) is 15.3. The molecule has 3 nitrogen and oxygen atoms in total. The van der Waals surface area contributed by atoms with Crippen LogP contribution in [-0.4, -0.2) is 17.1 Å². The van der Waals surface area contributed by atoms with Gasteiger partial charge < -0.3 is 4.74 Å². The summed E-state index contributed by atoms with van der Waals surface area (Å²) in [5, 5.41) is 0. The molecule has 0 aliphatic heterocycles. The van der Waals surface area contributed by atoms with Crippen molar-refractivity contribution >= 4 is 11.0 Å². The minimum Gasteiger partial charge on any atom is -0.497 e.